The number of hydrogen-bond donors (Lipinski definition) is 3. The van der Waals surface area contributed by atoms with Gasteiger partial charge in [-0.25, -0.2) is 0 Å². The van der Waals surface area contributed by atoms with Crippen LogP contribution < -0.4 is 0 Å². The number of epoxide rings is 1. The van der Waals surface area contributed by atoms with Gasteiger partial charge in [-0.15, -0.1) is 0 Å². The van der Waals surface area contributed by atoms with Crippen LogP contribution >= 0.6 is 0 Å². The SMILES string of the molecule is C/C(=C\C(=O)c1ccccc1)C[C@@H]1OC[C@H](C[C@@H]2O[C@H]2[C@@H](C)[C@H](C)O)[C@@H](O)[C@H]1O. The van der Waals surface area contributed by atoms with Gasteiger partial charge in [0.1, 0.15) is 6.10 Å². The van der Waals surface area contributed by atoms with Crippen molar-refractivity contribution in [2.75, 3.05) is 6.61 Å². The molecule has 0 amide bonds. The van der Waals surface area contributed by atoms with Gasteiger partial charge in [0.2, 0.25) is 0 Å². The Kier molecular flexibility index (Phi) is 7.24. The van der Waals surface area contributed by atoms with Crippen LogP contribution in [-0.2, 0) is 9.47 Å². The average molecular weight is 405 g/mol. The van der Waals surface area contributed by atoms with E-state index in [-0.39, 0.29) is 29.8 Å². The van der Waals surface area contributed by atoms with Crippen molar-refractivity contribution in [2.24, 2.45) is 11.8 Å². The van der Waals surface area contributed by atoms with Gasteiger partial charge in [-0.05, 0) is 32.8 Å². The second-order valence-corrected chi connectivity index (χ2v) is 8.51. The lowest BCUT2D eigenvalue weighted by Gasteiger charge is -2.38. The summed E-state index contributed by atoms with van der Waals surface area (Å²) in [7, 11) is 0. The van der Waals surface area contributed by atoms with E-state index in [2.05, 4.69) is 0 Å². The number of allylic oxidation sites excluding steroid dienone is 1. The van der Waals surface area contributed by atoms with E-state index in [1.807, 2.05) is 32.0 Å². The summed E-state index contributed by atoms with van der Waals surface area (Å²) in [6.45, 7) is 5.85. The summed E-state index contributed by atoms with van der Waals surface area (Å²) in [6, 6.07) is 9.02. The Bertz CT molecular complexity index is 715. The van der Waals surface area contributed by atoms with E-state index < -0.39 is 24.4 Å². The first-order chi connectivity index (χ1) is 13.8. The lowest BCUT2D eigenvalue weighted by atomic mass is 9.85. The monoisotopic (exact) mass is 404 g/mol. The molecule has 1 aromatic rings. The fourth-order valence-electron chi connectivity index (χ4n) is 4.00. The van der Waals surface area contributed by atoms with Gasteiger partial charge in [-0.1, -0.05) is 42.8 Å². The fourth-order valence-corrected chi connectivity index (χ4v) is 4.00. The van der Waals surface area contributed by atoms with Gasteiger partial charge in [0, 0.05) is 17.4 Å². The number of carbonyl (C=O) groups is 1. The molecule has 6 nitrogen and oxygen atoms in total. The Morgan fingerprint density at radius 3 is 2.52 bits per heavy atom. The summed E-state index contributed by atoms with van der Waals surface area (Å²) < 4.78 is 11.5. The van der Waals surface area contributed by atoms with Crippen LogP contribution in [0.2, 0.25) is 0 Å². The van der Waals surface area contributed by atoms with Crippen molar-refractivity contribution in [1.82, 2.24) is 0 Å². The number of ether oxygens (including phenoxy) is 2. The van der Waals surface area contributed by atoms with Crippen LogP contribution in [0.5, 0.6) is 0 Å². The van der Waals surface area contributed by atoms with Crippen molar-refractivity contribution in [3.8, 4) is 0 Å². The lowest BCUT2D eigenvalue weighted by molar-refractivity contribution is -0.165. The van der Waals surface area contributed by atoms with Crippen molar-refractivity contribution in [3.63, 3.8) is 0 Å². The van der Waals surface area contributed by atoms with Crippen LogP contribution in [0.3, 0.4) is 0 Å². The van der Waals surface area contributed by atoms with Gasteiger partial charge in [0.05, 0.1) is 37.1 Å². The average Bonchev–Trinajstić information content (AvgIpc) is 3.46. The van der Waals surface area contributed by atoms with Crippen LogP contribution in [0.4, 0.5) is 0 Å². The van der Waals surface area contributed by atoms with Crippen molar-refractivity contribution >= 4 is 5.78 Å². The minimum Gasteiger partial charge on any atom is -0.393 e. The number of hydrogen-bond acceptors (Lipinski definition) is 6. The molecular formula is C23H32O6. The van der Waals surface area contributed by atoms with Crippen molar-refractivity contribution < 1.29 is 29.6 Å². The molecule has 0 spiro atoms. The highest BCUT2D eigenvalue weighted by atomic mass is 16.6. The minimum atomic E-state index is -1.02. The molecule has 1 aromatic carbocycles. The zero-order valence-corrected chi connectivity index (χ0v) is 17.3. The van der Waals surface area contributed by atoms with Crippen LogP contribution in [-0.4, -0.2) is 64.3 Å². The molecule has 0 saturated carbocycles. The molecule has 2 heterocycles. The number of carbonyl (C=O) groups excluding carboxylic acids is 1. The molecule has 0 bridgehead atoms. The third-order valence-electron chi connectivity index (χ3n) is 6.13. The highest BCUT2D eigenvalue weighted by molar-refractivity contribution is 6.04. The number of aliphatic hydroxyl groups is 3. The van der Waals surface area contributed by atoms with Gasteiger partial charge < -0.3 is 24.8 Å². The standard InChI is InChI=1S/C23H32O6/c1-13(9-18(25)16-7-5-4-6-8-16)10-19-22(27)21(26)17(12-28-19)11-20-23(29-20)14(2)15(3)24/h4-9,14-15,17,19-24,26-27H,10-12H2,1-3H3/b13-9+/t14-,15-,17-,19-,20-,21+,22-,23-/m0/s1. The summed E-state index contributed by atoms with van der Waals surface area (Å²) in [5.41, 5.74) is 1.41. The van der Waals surface area contributed by atoms with Gasteiger partial charge in [-0.3, -0.25) is 4.79 Å². The molecule has 160 valence electrons. The first kappa shape index (κ1) is 22.1. The Morgan fingerprint density at radius 2 is 1.86 bits per heavy atom. The number of aliphatic hydroxyl groups excluding tert-OH is 3. The summed E-state index contributed by atoms with van der Waals surface area (Å²) in [6.07, 6.45) is -0.408. The van der Waals surface area contributed by atoms with E-state index in [0.717, 1.165) is 5.57 Å². The minimum absolute atomic E-state index is 0.00811. The Morgan fingerprint density at radius 1 is 1.17 bits per heavy atom. The number of benzene rings is 1. The summed E-state index contributed by atoms with van der Waals surface area (Å²) in [4.78, 5) is 12.3. The van der Waals surface area contributed by atoms with E-state index in [0.29, 0.717) is 25.0 Å². The van der Waals surface area contributed by atoms with E-state index in [9.17, 15) is 20.1 Å². The van der Waals surface area contributed by atoms with Crippen LogP contribution in [0.15, 0.2) is 42.0 Å². The quantitative estimate of drug-likeness (QED) is 0.349. The molecule has 2 fully saturated rings. The van der Waals surface area contributed by atoms with Crippen molar-refractivity contribution in [1.29, 1.82) is 0 Å². The Balaban J connectivity index is 1.51. The predicted octanol–water partition coefficient (Wildman–Crippen LogP) is 2.12. The molecular weight excluding hydrogens is 372 g/mol. The third-order valence-corrected chi connectivity index (χ3v) is 6.13. The van der Waals surface area contributed by atoms with Gasteiger partial charge in [0.25, 0.3) is 0 Å². The molecule has 6 heteroatoms. The smallest absolute Gasteiger partial charge is 0.185 e. The van der Waals surface area contributed by atoms with Crippen LogP contribution in [0.25, 0.3) is 0 Å². The normalized spacial score (nSPS) is 34.5. The topological polar surface area (TPSA) is 99.5 Å². The van der Waals surface area contributed by atoms with E-state index in [1.54, 1.807) is 25.1 Å². The maximum atomic E-state index is 12.3. The summed E-state index contributed by atoms with van der Waals surface area (Å²) in [5.74, 6) is -0.266. The molecule has 29 heavy (non-hydrogen) atoms. The van der Waals surface area contributed by atoms with Crippen LogP contribution in [0, 0.1) is 11.8 Å². The third kappa shape index (κ3) is 5.53. The van der Waals surface area contributed by atoms with Gasteiger partial charge >= 0.3 is 0 Å². The first-order valence-corrected chi connectivity index (χ1v) is 10.4. The number of ketones is 1. The molecule has 0 aromatic heterocycles. The Hall–Kier alpha value is -1.57. The molecule has 3 rings (SSSR count). The van der Waals surface area contributed by atoms with Crippen LogP contribution in [0.1, 0.15) is 44.0 Å². The van der Waals surface area contributed by atoms with E-state index in [4.69, 9.17) is 9.47 Å². The first-order valence-electron chi connectivity index (χ1n) is 10.4. The molecule has 0 aliphatic carbocycles. The van der Waals surface area contributed by atoms with Crippen molar-refractivity contribution in [2.45, 2.75) is 70.2 Å². The van der Waals surface area contributed by atoms with Crippen molar-refractivity contribution in [3.05, 3.63) is 47.5 Å². The van der Waals surface area contributed by atoms with E-state index in [1.165, 1.54) is 0 Å². The Labute approximate surface area is 172 Å². The fraction of sp³-hybridized carbons (Fsp3) is 0.609. The zero-order chi connectivity index (χ0) is 21.1. The molecule has 2 aliphatic rings. The second kappa shape index (κ2) is 9.49. The lowest BCUT2D eigenvalue weighted by Crippen LogP contribution is -2.50. The highest BCUT2D eigenvalue weighted by Gasteiger charge is 2.48. The largest absolute Gasteiger partial charge is 0.393 e. The second-order valence-electron chi connectivity index (χ2n) is 8.51. The highest BCUT2D eigenvalue weighted by Crippen LogP contribution is 2.38. The number of rotatable bonds is 8. The molecule has 0 unspecified atom stereocenters. The van der Waals surface area contributed by atoms with E-state index >= 15 is 0 Å². The maximum absolute atomic E-state index is 12.3. The molecule has 3 N–H and O–H groups in total. The molecule has 0 radical (unpaired) electrons. The molecule has 8 atom stereocenters. The zero-order valence-electron chi connectivity index (χ0n) is 17.3. The summed E-state index contributed by atoms with van der Waals surface area (Å²) in [5, 5.41) is 30.8. The maximum Gasteiger partial charge on any atom is 0.185 e. The summed E-state index contributed by atoms with van der Waals surface area (Å²) >= 11 is 0. The van der Waals surface area contributed by atoms with Gasteiger partial charge in [0.15, 0.2) is 5.78 Å². The molecule has 2 saturated heterocycles. The van der Waals surface area contributed by atoms with Gasteiger partial charge in [-0.2, -0.15) is 0 Å². The predicted molar refractivity (Wildman–Crippen MR) is 109 cm³/mol. The molecule has 2 aliphatic heterocycles.